The Morgan fingerprint density at radius 1 is 1.26 bits per heavy atom. The molecule has 1 atom stereocenters. The van der Waals surface area contributed by atoms with Crippen molar-refractivity contribution in [2.45, 2.75) is 38.7 Å². The fourth-order valence-electron chi connectivity index (χ4n) is 3.88. The van der Waals surface area contributed by atoms with E-state index in [0.29, 0.717) is 23.9 Å². The first kappa shape index (κ1) is 20.2. The Morgan fingerprint density at radius 2 is 2.00 bits per heavy atom. The molecule has 2 fully saturated rings. The fraction of sp³-hybridized carbons (Fsp3) is 0.750. The Bertz CT molecular complexity index is 581. The van der Waals surface area contributed by atoms with Crippen molar-refractivity contribution in [3.8, 4) is 0 Å². The predicted octanol–water partition coefficient (Wildman–Crippen LogP) is 1.76. The van der Waals surface area contributed by atoms with Gasteiger partial charge in [0.2, 0.25) is 0 Å². The number of aromatic nitrogens is 2. The highest BCUT2D eigenvalue weighted by atomic mass is 16.5. The number of rotatable bonds is 8. The van der Waals surface area contributed by atoms with Crippen LogP contribution >= 0.6 is 0 Å². The van der Waals surface area contributed by atoms with Gasteiger partial charge < -0.3 is 19.3 Å². The van der Waals surface area contributed by atoms with Crippen molar-refractivity contribution >= 4 is 5.91 Å². The lowest BCUT2D eigenvalue weighted by molar-refractivity contribution is 0.0436. The summed E-state index contributed by atoms with van der Waals surface area (Å²) in [4.78, 5) is 25.9. The van der Waals surface area contributed by atoms with Crippen LogP contribution in [-0.2, 0) is 9.47 Å². The Hall–Kier alpha value is -1.57. The lowest BCUT2D eigenvalue weighted by atomic mass is 9.95. The maximum absolute atomic E-state index is 13.1. The van der Waals surface area contributed by atoms with Crippen LogP contribution in [0, 0.1) is 12.8 Å². The van der Waals surface area contributed by atoms with Gasteiger partial charge in [0.05, 0.1) is 18.3 Å². The van der Waals surface area contributed by atoms with Crippen LogP contribution in [0.1, 0.15) is 41.9 Å². The lowest BCUT2D eigenvalue weighted by Crippen LogP contribution is -2.44. The third-order valence-electron chi connectivity index (χ3n) is 5.56. The molecule has 7 nitrogen and oxygen atoms in total. The minimum atomic E-state index is 0.0207. The van der Waals surface area contributed by atoms with Crippen molar-refractivity contribution in [3.63, 3.8) is 0 Å². The number of likely N-dealkylation sites (tertiary alicyclic amines) is 1. The number of nitrogens with zero attached hydrogens (tertiary/aromatic N) is 4. The van der Waals surface area contributed by atoms with E-state index in [4.69, 9.17) is 9.47 Å². The Labute approximate surface area is 162 Å². The molecule has 0 spiro atoms. The number of amides is 1. The quantitative estimate of drug-likeness (QED) is 0.689. The van der Waals surface area contributed by atoms with Crippen LogP contribution in [0.4, 0.5) is 0 Å². The predicted molar refractivity (Wildman–Crippen MR) is 103 cm³/mol. The molecule has 3 rings (SSSR count). The van der Waals surface area contributed by atoms with Crippen molar-refractivity contribution in [2.75, 3.05) is 53.0 Å². The van der Waals surface area contributed by atoms with Crippen molar-refractivity contribution < 1.29 is 14.3 Å². The van der Waals surface area contributed by atoms with Gasteiger partial charge in [0.1, 0.15) is 5.82 Å². The average Bonchev–Trinajstić information content (AvgIpc) is 3.20. The molecule has 0 bridgehead atoms. The number of ether oxygens (including phenoxy) is 2. The normalized spacial score (nSPS) is 21.5. The van der Waals surface area contributed by atoms with Gasteiger partial charge >= 0.3 is 0 Å². The number of carbonyl (C=O) groups excluding carboxylic acids is 1. The standard InChI is InChI=1S/C20H32N4O3/c1-16-21-12-18(13-22-16)20(25)24(15-19-4-3-10-27-19)14-17-5-7-23(8-6-17)9-11-26-2/h12-13,17,19H,3-11,14-15H2,1-2H3/t19-/m0/s1. The summed E-state index contributed by atoms with van der Waals surface area (Å²) in [6.07, 6.45) is 7.78. The van der Waals surface area contributed by atoms with Crippen molar-refractivity contribution in [1.82, 2.24) is 19.8 Å². The van der Waals surface area contributed by atoms with E-state index in [-0.39, 0.29) is 12.0 Å². The highest BCUT2D eigenvalue weighted by Crippen LogP contribution is 2.21. The summed E-state index contributed by atoms with van der Waals surface area (Å²) >= 11 is 0. The lowest BCUT2D eigenvalue weighted by Gasteiger charge is -2.35. The summed E-state index contributed by atoms with van der Waals surface area (Å²) in [7, 11) is 1.75. The van der Waals surface area contributed by atoms with Crippen LogP contribution in [0.3, 0.4) is 0 Å². The Kier molecular flexibility index (Phi) is 7.55. The van der Waals surface area contributed by atoms with E-state index in [1.54, 1.807) is 19.5 Å². The number of methoxy groups -OCH3 is 1. The molecule has 0 aromatic carbocycles. The van der Waals surface area contributed by atoms with E-state index in [1.165, 1.54) is 0 Å². The number of hydrogen-bond donors (Lipinski definition) is 0. The molecule has 0 radical (unpaired) electrons. The van der Waals surface area contributed by atoms with Gasteiger partial charge in [-0.2, -0.15) is 0 Å². The van der Waals surface area contributed by atoms with Crippen molar-refractivity contribution in [1.29, 1.82) is 0 Å². The van der Waals surface area contributed by atoms with E-state index in [2.05, 4.69) is 14.9 Å². The maximum Gasteiger partial charge on any atom is 0.257 e. The van der Waals surface area contributed by atoms with Gasteiger partial charge in [-0.25, -0.2) is 9.97 Å². The van der Waals surface area contributed by atoms with Crippen molar-refractivity contribution in [3.05, 3.63) is 23.8 Å². The van der Waals surface area contributed by atoms with Crippen LogP contribution in [0.15, 0.2) is 12.4 Å². The molecular weight excluding hydrogens is 344 g/mol. The second-order valence-electron chi connectivity index (χ2n) is 7.64. The summed E-state index contributed by atoms with van der Waals surface area (Å²) in [5, 5.41) is 0. The monoisotopic (exact) mass is 376 g/mol. The molecule has 0 aliphatic carbocycles. The van der Waals surface area contributed by atoms with E-state index in [0.717, 1.165) is 65.1 Å². The van der Waals surface area contributed by atoms with Crippen LogP contribution in [0.25, 0.3) is 0 Å². The average molecular weight is 377 g/mol. The second-order valence-corrected chi connectivity index (χ2v) is 7.64. The van der Waals surface area contributed by atoms with Gasteiger partial charge in [0, 0.05) is 45.7 Å². The van der Waals surface area contributed by atoms with E-state index >= 15 is 0 Å². The molecular formula is C20H32N4O3. The van der Waals surface area contributed by atoms with E-state index in [9.17, 15) is 4.79 Å². The van der Waals surface area contributed by atoms with Gasteiger partial charge in [-0.15, -0.1) is 0 Å². The van der Waals surface area contributed by atoms with Gasteiger partial charge in [0.25, 0.3) is 5.91 Å². The molecule has 2 aliphatic heterocycles. The highest BCUT2D eigenvalue weighted by molar-refractivity contribution is 5.93. The molecule has 0 N–H and O–H groups in total. The topological polar surface area (TPSA) is 67.8 Å². The third-order valence-corrected chi connectivity index (χ3v) is 5.56. The van der Waals surface area contributed by atoms with Gasteiger partial charge in [-0.3, -0.25) is 4.79 Å². The fourth-order valence-corrected chi connectivity index (χ4v) is 3.88. The van der Waals surface area contributed by atoms with Crippen LogP contribution in [0.5, 0.6) is 0 Å². The smallest absolute Gasteiger partial charge is 0.257 e. The first-order chi connectivity index (χ1) is 13.2. The zero-order chi connectivity index (χ0) is 19.1. The maximum atomic E-state index is 13.1. The Morgan fingerprint density at radius 3 is 2.63 bits per heavy atom. The molecule has 1 amide bonds. The van der Waals surface area contributed by atoms with Crippen molar-refractivity contribution in [2.24, 2.45) is 5.92 Å². The first-order valence-corrected chi connectivity index (χ1v) is 10.1. The molecule has 0 unspecified atom stereocenters. The molecule has 2 aliphatic rings. The molecule has 7 heteroatoms. The molecule has 3 heterocycles. The molecule has 0 saturated carbocycles. The zero-order valence-corrected chi connectivity index (χ0v) is 16.6. The number of hydrogen-bond acceptors (Lipinski definition) is 6. The number of aryl methyl sites for hydroxylation is 1. The minimum Gasteiger partial charge on any atom is -0.383 e. The second kappa shape index (κ2) is 10.1. The summed E-state index contributed by atoms with van der Waals surface area (Å²) in [5.41, 5.74) is 0.566. The zero-order valence-electron chi connectivity index (χ0n) is 16.6. The highest BCUT2D eigenvalue weighted by Gasteiger charge is 2.28. The number of carbonyl (C=O) groups is 1. The Balaban J connectivity index is 1.60. The summed E-state index contributed by atoms with van der Waals surface area (Å²) in [5.74, 6) is 1.23. The molecule has 1 aromatic rings. The third kappa shape index (κ3) is 5.96. The van der Waals surface area contributed by atoms with Crippen LogP contribution in [-0.4, -0.2) is 84.8 Å². The first-order valence-electron chi connectivity index (χ1n) is 10.1. The molecule has 2 saturated heterocycles. The SMILES string of the molecule is COCCN1CCC(CN(C[C@@H]2CCCO2)C(=O)c2cnc(C)nc2)CC1. The van der Waals surface area contributed by atoms with E-state index in [1.807, 2.05) is 11.8 Å². The largest absolute Gasteiger partial charge is 0.383 e. The minimum absolute atomic E-state index is 0.0207. The summed E-state index contributed by atoms with van der Waals surface area (Å²) in [6, 6.07) is 0. The molecule has 27 heavy (non-hydrogen) atoms. The van der Waals surface area contributed by atoms with Gasteiger partial charge in [0.15, 0.2) is 0 Å². The van der Waals surface area contributed by atoms with E-state index < -0.39 is 0 Å². The molecule has 1 aromatic heterocycles. The summed E-state index contributed by atoms with van der Waals surface area (Å²) < 4.78 is 11.0. The van der Waals surface area contributed by atoms with Gasteiger partial charge in [-0.1, -0.05) is 0 Å². The number of piperidine rings is 1. The molecule has 150 valence electrons. The van der Waals surface area contributed by atoms with Gasteiger partial charge in [-0.05, 0) is 51.6 Å². The van der Waals surface area contributed by atoms with Crippen LogP contribution < -0.4 is 0 Å². The van der Waals surface area contributed by atoms with Crippen LogP contribution in [0.2, 0.25) is 0 Å². The summed E-state index contributed by atoms with van der Waals surface area (Å²) in [6.45, 7) is 7.99.